The standard InChI is InChI=1S/C10H23NO3S/c1-4-10(5-2)11(6-8-12)7-9-15(3,13)14/h10,12H,4-9H2,1-3H3. The molecule has 0 aromatic rings. The van der Waals surface area contributed by atoms with E-state index in [2.05, 4.69) is 18.7 Å². The van der Waals surface area contributed by atoms with Gasteiger partial charge in [-0.05, 0) is 12.8 Å². The third-order valence-electron chi connectivity index (χ3n) is 2.60. The lowest BCUT2D eigenvalue weighted by Gasteiger charge is -2.29. The minimum Gasteiger partial charge on any atom is -0.395 e. The Bertz CT molecular complexity index is 247. The molecular weight excluding hydrogens is 214 g/mol. The van der Waals surface area contributed by atoms with Crippen LogP contribution in [-0.4, -0.2) is 56.2 Å². The highest BCUT2D eigenvalue weighted by atomic mass is 32.2. The molecule has 0 amide bonds. The molecule has 5 heteroatoms. The molecule has 0 bridgehead atoms. The van der Waals surface area contributed by atoms with Crippen LogP contribution < -0.4 is 0 Å². The number of hydrogen-bond donors (Lipinski definition) is 1. The van der Waals surface area contributed by atoms with E-state index in [1.807, 2.05) is 0 Å². The SMILES string of the molecule is CCC(CC)N(CCO)CCS(C)(=O)=O. The van der Waals surface area contributed by atoms with Gasteiger partial charge in [0, 0.05) is 25.4 Å². The number of sulfone groups is 1. The summed E-state index contributed by atoms with van der Waals surface area (Å²) in [5.41, 5.74) is 0. The highest BCUT2D eigenvalue weighted by Crippen LogP contribution is 2.08. The molecule has 0 spiro atoms. The van der Waals surface area contributed by atoms with Crippen molar-refractivity contribution in [3.63, 3.8) is 0 Å². The zero-order valence-electron chi connectivity index (χ0n) is 9.94. The summed E-state index contributed by atoms with van der Waals surface area (Å²) in [6, 6.07) is 0.374. The molecule has 0 aliphatic rings. The lowest BCUT2D eigenvalue weighted by Crippen LogP contribution is -2.39. The maximum atomic E-state index is 11.1. The fourth-order valence-corrected chi connectivity index (χ4v) is 2.26. The Hall–Kier alpha value is -0.130. The summed E-state index contributed by atoms with van der Waals surface area (Å²) in [5.74, 6) is 0.170. The van der Waals surface area contributed by atoms with Crippen molar-refractivity contribution in [1.82, 2.24) is 4.90 Å². The Balaban J connectivity index is 4.26. The van der Waals surface area contributed by atoms with Crippen LogP contribution in [0.4, 0.5) is 0 Å². The molecule has 0 saturated heterocycles. The van der Waals surface area contributed by atoms with Gasteiger partial charge in [-0.1, -0.05) is 13.8 Å². The summed E-state index contributed by atoms with van der Waals surface area (Å²) in [4.78, 5) is 2.06. The molecule has 4 nitrogen and oxygen atoms in total. The molecule has 0 heterocycles. The van der Waals surface area contributed by atoms with Gasteiger partial charge in [0.25, 0.3) is 0 Å². The van der Waals surface area contributed by atoms with Crippen LogP contribution in [0.15, 0.2) is 0 Å². The highest BCUT2D eigenvalue weighted by Gasteiger charge is 2.16. The maximum Gasteiger partial charge on any atom is 0.148 e. The predicted octanol–water partition coefficient (Wildman–Crippen LogP) is 0.514. The molecule has 15 heavy (non-hydrogen) atoms. The Morgan fingerprint density at radius 2 is 1.73 bits per heavy atom. The summed E-state index contributed by atoms with van der Waals surface area (Å²) in [7, 11) is -2.91. The summed E-state index contributed by atoms with van der Waals surface area (Å²) in [6.07, 6.45) is 3.22. The van der Waals surface area contributed by atoms with Crippen molar-refractivity contribution in [3.05, 3.63) is 0 Å². The first-order valence-electron chi connectivity index (χ1n) is 5.47. The van der Waals surface area contributed by atoms with Crippen LogP contribution in [0, 0.1) is 0 Å². The number of hydrogen-bond acceptors (Lipinski definition) is 4. The molecule has 92 valence electrons. The summed E-state index contributed by atoms with van der Waals surface area (Å²) >= 11 is 0. The van der Waals surface area contributed by atoms with E-state index in [0.717, 1.165) is 12.8 Å². The van der Waals surface area contributed by atoms with Gasteiger partial charge in [-0.2, -0.15) is 0 Å². The van der Waals surface area contributed by atoms with Gasteiger partial charge in [-0.15, -0.1) is 0 Å². The van der Waals surface area contributed by atoms with Gasteiger partial charge in [0.2, 0.25) is 0 Å². The number of rotatable bonds is 8. The first-order chi connectivity index (χ1) is 6.94. The van der Waals surface area contributed by atoms with Gasteiger partial charge >= 0.3 is 0 Å². The minimum atomic E-state index is -2.91. The average Bonchev–Trinajstić information content (AvgIpc) is 2.14. The van der Waals surface area contributed by atoms with E-state index in [4.69, 9.17) is 5.11 Å². The molecular formula is C10H23NO3S. The lowest BCUT2D eigenvalue weighted by atomic mass is 10.1. The van der Waals surface area contributed by atoms with Gasteiger partial charge < -0.3 is 5.11 Å². The molecule has 0 saturated carbocycles. The van der Waals surface area contributed by atoms with Crippen molar-refractivity contribution in [3.8, 4) is 0 Å². The Morgan fingerprint density at radius 3 is 2.07 bits per heavy atom. The van der Waals surface area contributed by atoms with Crippen molar-refractivity contribution in [2.45, 2.75) is 32.7 Å². The van der Waals surface area contributed by atoms with E-state index in [0.29, 0.717) is 19.1 Å². The first kappa shape index (κ1) is 14.9. The monoisotopic (exact) mass is 237 g/mol. The van der Waals surface area contributed by atoms with E-state index in [-0.39, 0.29) is 12.4 Å². The zero-order chi connectivity index (χ0) is 11.9. The molecule has 1 N–H and O–H groups in total. The minimum absolute atomic E-state index is 0.0836. The summed E-state index contributed by atoms with van der Waals surface area (Å²) < 4.78 is 22.1. The predicted molar refractivity (Wildman–Crippen MR) is 62.7 cm³/mol. The molecule has 0 radical (unpaired) electrons. The normalized spacial score (nSPS) is 12.7. The van der Waals surface area contributed by atoms with Crippen molar-refractivity contribution in [2.75, 3.05) is 31.7 Å². The summed E-state index contributed by atoms with van der Waals surface area (Å²) in [5, 5.41) is 8.91. The van der Waals surface area contributed by atoms with Gasteiger partial charge in [-0.3, -0.25) is 4.90 Å². The molecule has 0 atom stereocenters. The molecule has 0 rings (SSSR count). The number of aliphatic hydroxyl groups excluding tert-OH is 1. The second kappa shape index (κ2) is 7.19. The van der Waals surface area contributed by atoms with E-state index < -0.39 is 9.84 Å². The van der Waals surface area contributed by atoms with E-state index >= 15 is 0 Å². The van der Waals surface area contributed by atoms with Crippen LogP contribution in [0.25, 0.3) is 0 Å². The smallest absolute Gasteiger partial charge is 0.148 e. The second-order valence-electron chi connectivity index (χ2n) is 3.86. The molecule has 0 aliphatic carbocycles. The fourth-order valence-electron chi connectivity index (χ4n) is 1.69. The third kappa shape index (κ3) is 6.87. The van der Waals surface area contributed by atoms with Crippen LogP contribution >= 0.6 is 0 Å². The highest BCUT2D eigenvalue weighted by molar-refractivity contribution is 7.90. The van der Waals surface area contributed by atoms with Crippen molar-refractivity contribution >= 4 is 9.84 Å². The van der Waals surface area contributed by atoms with Crippen LogP contribution in [0.1, 0.15) is 26.7 Å². The lowest BCUT2D eigenvalue weighted by molar-refractivity contribution is 0.151. The van der Waals surface area contributed by atoms with Gasteiger partial charge in [-0.25, -0.2) is 8.42 Å². The third-order valence-corrected chi connectivity index (χ3v) is 3.52. The largest absolute Gasteiger partial charge is 0.395 e. The molecule has 0 aliphatic heterocycles. The Labute approximate surface area is 93.2 Å². The Morgan fingerprint density at radius 1 is 1.20 bits per heavy atom. The maximum absolute atomic E-state index is 11.1. The molecule has 0 fully saturated rings. The van der Waals surface area contributed by atoms with E-state index in [9.17, 15) is 8.42 Å². The zero-order valence-corrected chi connectivity index (χ0v) is 10.8. The fraction of sp³-hybridized carbons (Fsp3) is 1.00. The first-order valence-corrected chi connectivity index (χ1v) is 7.53. The van der Waals surface area contributed by atoms with E-state index in [1.165, 1.54) is 6.26 Å². The van der Waals surface area contributed by atoms with Gasteiger partial charge in [0.1, 0.15) is 9.84 Å². The van der Waals surface area contributed by atoms with Crippen LogP contribution in [0.2, 0.25) is 0 Å². The van der Waals surface area contributed by atoms with Crippen LogP contribution in [0.5, 0.6) is 0 Å². The molecule has 0 aromatic heterocycles. The average molecular weight is 237 g/mol. The van der Waals surface area contributed by atoms with Gasteiger partial charge in [0.15, 0.2) is 0 Å². The second-order valence-corrected chi connectivity index (χ2v) is 6.12. The molecule has 0 unspecified atom stereocenters. The quantitative estimate of drug-likeness (QED) is 0.668. The van der Waals surface area contributed by atoms with Crippen LogP contribution in [-0.2, 0) is 9.84 Å². The van der Waals surface area contributed by atoms with Crippen LogP contribution in [0.3, 0.4) is 0 Å². The number of aliphatic hydroxyl groups is 1. The van der Waals surface area contributed by atoms with Crippen molar-refractivity contribution in [1.29, 1.82) is 0 Å². The van der Waals surface area contributed by atoms with Gasteiger partial charge in [0.05, 0.1) is 12.4 Å². The topological polar surface area (TPSA) is 57.6 Å². The molecule has 0 aromatic carbocycles. The Kier molecular flexibility index (Phi) is 7.13. The van der Waals surface area contributed by atoms with Crippen molar-refractivity contribution < 1.29 is 13.5 Å². The summed E-state index contributed by atoms with van der Waals surface area (Å²) in [6.45, 7) is 5.33. The van der Waals surface area contributed by atoms with Crippen molar-refractivity contribution in [2.24, 2.45) is 0 Å². The number of nitrogens with zero attached hydrogens (tertiary/aromatic N) is 1. The van der Waals surface area contributed by atoms with E-state index in [1.54, 1.807) is 0 Å².